The molecule has 0 fully saturated rings. The van der Waals surface area contributed by atoms with Gasteiger partial charge >= 0.3 is 0 Å². The Morgan fingerprint density at radius 1 is 1.31 bits per heavy atom. The SMILES string of the molecule is COc1ccc(N(CC(=O)Nc2nnc(SC(C)C)s2)S(C)(=O)=O)cc1. The molecule has 0 aliphatic heterocycles. The molecule has 1 heterocycles. The summed E-state index contributed by atoms with van der Waals surface area (Å²) in [4.78, 5) is 12.3. The zero-order valence-corrected chi connectivity index (χ0v) is 17.2. The van der Waals surface area contributed by atoms with Gasteiger partial charge in [0.1, 0.15) is 12.3 Å². The number of hydrogen-bond acceptors (Lipinski definition) is 8. The van der Waals surface area contributed by atoms with Gasteiger partial charge in [0.25, 0.3) is 0 Å². The van der Waals surface area contributed by atoms with Gasteiger partial charge in [-0.3, -0.25) is 14.4 Å². The summed E-state index contributed by atoms with van der Waals surface area (Å²) < 4.78 is 31.0. The quantitative estimate of drug-likeness (QED) is 0.521. The van der Waals surface area contributed by atoms with Gasteiger partial charge in [0.15, 0.2) is 4.34 Å². The number of anilines is 2. The first-order chi connectivity index (χ1) is 12.2. The maximum Gasteiger partial charge on any atom is 0.246 e. The number of rotatable bonds is 8. The molecule has 26 heavy (non-hydrogen) atoms. The highest BCUT2D eigenvalue weighted by Gasteiger charge is 2.21. The molecule has 0 aliphatic rings. The molecule has 0 atom stereocenters. The Balaban J connectivity index is 2.10. The van der Waals surface area contributed by atoms with Crippen molar-refractivity contribution >= 4 is 49.8 Å². The van der Waals surface area contributed by atoms with Gasteiger partial charge in [0.2, 0.25) is 21.1 Å². The maximum absolute atomic E-state index is 12.3. The van der Waals surface area contributed by atoms with Crippen LogP contribution in [0.1, 0.15) is 13.8 Å². The topological polar surface area (TPSA) is 101 Å². The van der Waals surface area contributed by atoms with Crippen LogP contribution >= 0.6 is 23.1 Å². The monoisotopic (exact) mass is 416 g/mol. The van der Waals surface area contributed by atoms with Gasteiger partial charge in [-0.25, -0.2) is 8.42 Å². The number of carbonyl (C=O) groups is 1. The van der Waals surface area contributed by atoms with E-state index in [1.165, 1.54) is 18.4 Å². The number of sulfonamides is 1. The van der Waals surface area contributed by atoms with Crippen LogP contribution in [-0.4, -0.2) is 49.7 Å². The van der Waals surface area contributed by atoms with Gasteiger partial charge < -0.3 is 4.74 Å². The lowest BCUT2D eigenvalue weighted by Gasteiger charge is -2.21. The third kappa shape index (κ3) is 5.85. The van der Waals surface area contributed by atoms with Crippen molar-refractivity contribution in [3.8, 4) is 5.75 Å². The van der Waals surface area contributed by atoms with Gasteiger partial charge in [-0.15, -0.1) is 10.2 Å². The number of nitrogens with zero attached hydrogens (tertiary/aromatic N) is 3. The van der Waals surface area contributed by atoms with Crippen LogP contribution in [0, 0.1) is 0 Å². The van der Waals surface area contributed by atoms with Crippen molar-refractivity contribution in [2.24, 2.45) is 0 Å². The van der Waals surface area contributed by atoms with Crippen LogP contribution in [0.3, 0.4) is 0 Å². The first kappa shape index (κ1) is 20.5. The van der Waals surface area contributed by atoms with Crippen LogP contribution in [0.5, 0.6) is 5.75 Å². The zero-order chi connectivity index (χ0) is 19.3. The van der Waals surface area contributed by atoms with Crippen molar-refractivity contribution in [2.45, 2.75) is 23.4 Å². The summed E-state index contributed by atoms with van der Waals surface area (Å²) in [6, 6.07) is 6.42. The summed E-state index contributed by atoms with van der Waals surface area (Å²) in [6.45, 7) is 3.70. The molecule has 2 aromatic rings. The predicted molar refractivity (Wildman–Crippen MR) is 105 cm³/mol. The number of aromatic nitrogens is 2. The Hall–Kier alpha value is -1.85. The summed E-state index contributed by atoms with van der Waals surface area (Å²) in [7, 11) is -2.12. The third-order valence-electron chi connectivity index (χ3n) is 3.04. The van der Waals surface area contributed by atoms with E-state index in [-0.39, 0.29) is 6.54 Å². The van der Waals surface area contributed by atoms with Crippen molar-refractivity contribution in [2.75, 3.05) is 29.5 Å². The molecule has 0 saturated heterocycles. The molecule has 1 aromatic carbocycles. The number of ether oxygens (including phenoxy) is 1. The highest BCUT2D eigenvalue weighted by atomic mass is 32.2. The van der Waals surface area contributed by atoms with E-state index in [0.717, 1.165) is 14.9 Å². The molecule has 1 amide bonds. The van der Waals surface area contributed by atoms with Crippen molar-refractivity contribution in [3.05, 3.63) is 24.3 Å². The van der Waals surface area contributed by atoms with E-state index >= 15 is 0 Å². The molecule has 0 radical (unpaired) electrons. The van der Waals surface area contributed by atoms with Gasteiger partial charge in [0.05, 0.1) is 19.1 Å². The normalized spacial score (nSPS) is 11.4. The van der Waals surface area contributed by atoms with E-state index in [1.54, 1.807) is 36.0 Å². The van der Waals surface area contributed by atoms with Crippen LogP contribution in [0.25, 0.3) is 0 Å². The molecule has 0 spiro atoms. The van der Waals surface area contributed by atoms with Crippen molar-refractivity contribution < 1.29 is 17.9 Å². The smallest absolute Gasteiger partial charge is 0.246 e. The van der Waals surface area contributed by atoms with Gasteiger partial charge in [-0.1, -0.05) is 36.9 Å². The Morgan fingerprint density at radius 2 is 1.96 bits per heavy atom. The second-order valence-corrected chi connectivity index (χ2v) is 10.3. The molecule has 2 rings (SSSR count). The fraction of sp³-hybridized carbons (Fsp3) is 0.400. The van der Waals surface area contributed by atoms with Gasteiger partial charge in [-0.2, -0.15) is 0 Å². The molecule has 11 heteroatoms. The minimum atomic E-state index is -3.64. The largest absolute Gasteiger partial charge is 0.497 e. The van der Waals surface area contributed by atoms with Crippen LogP contribution in [0.4, 0.5) is 10.8 Å². The fourth-order valence-electron chi connectivity index (χ4n) is 1.95. The first-order valence-corrected chi connectivity index (χ1v) is 11.1. The molecule has 1 aromatic heterocycles. The Morgan fingerprint density at radius 3 is 2.50 bits per heavy atom. The van der Waals surface area contributed by atoms with E-state index in [9.17, 15) is 13.2 Å². The van der Waals surface area contributed by atoms with E-state index in [2.05, 4.69) is 15.5 Å². The number of amides is 1. The Labute approximate surface area is 161 Å². The number of nitrogens with one attached hydrogen (secondary N) is 1. The Bertz CT molecular complexity index is 850. The van der Waals surface area contributed by atoms with E-state index < -0.39 is 15.9 Å². The summed E-state index contributed by atoms with van der Waals surface area (Å²) in [5.41, 5.74) is 0.372. The molecular weight excluding hydrogens is 396 g/mol. The average Bonchev–Trinajstić information content (AvgIpc) is 2.98. The second-order valence-electron chi connectivity index (χ2n) is 5.56. The van der Waals surface area contributed by atoms with Crippen molar-refractivity contribution in [1.29, 1.82) is 0 Å². The van der Waals surface area contributed by atoms with E-state index in [4.69, 9.17) is 4.74 Å². The molecule has 0 unspecified atom stereocenters. The molecule has 0 bridgehead atoms. The van der Waals surface area contributed by atoms with Crippen LogP contribution in [0.15, 0.2) is 28.6 Å². The summed E-state index contributed by atoms with van der Waals surface area (Å²) in [6.07, 6.45) is 1.05. The molecule has 0 aliphatic carbocycles. The summed E-state index contributed by atoms with van der Waals surface area (Å²) in [5, 5.41) is 11.2. The third-order valence-corrected chi connectivity index (χ3v) is 6.10. The minimum absolute atomic E-state index is 0.335. The van der Waals surface area contributed by atoms with Crippen molar-refractivity contribution in [1.82, 2.24) is 10.2 Å². The average molecular weight is 417 g/mol. The summed E-state index contributed by atoms with van der Waals surface area (Å²) >= 11 is 2.79. The predicted octanol–water partition coefficient (Wildman–Crippen LogP) is 2.45. The lowest BCUT2D eigenvalue weighted by atomic mass is 10.3. The Kier molecular flexibility index (Phi) is 6.84. The zero-order valence-electron chi connectivity index (χ0n) is 14.8. The lowest BCUT2D eigenvalue weighted by molar-refractivity contribution is -0.114. The molecule has 142 valence electrons. The highest BCUT2D eigenvalue weighted by molar-refractivity contribution is 8.01. The van der Waals surface area contributed by atoms with E-state index in [1.807, 2.05) is 13.8 Å². The number of carbonyl (C=O) groups excluding carboxylic acids is 1. The number of thioether (sulfide) groups is 1. The highest BCUT2D eigenvalue weighted by Crippen LogP contribution is 2.28. The number of hydrogen-bond donors (Lipinski definition) is 1. The molecule has 8 nitrogen and oxygen atoms in total. The van der Waals surface area contributed by atoms with Crippen LogP contribution in [0.2, 0.25) is 0 Å². The number of benzene rings is 1. The van der Waals surface area contributed by atoms with Gasteiger partial charge in [-0.05, 0) is 24.3 Å². The van der Waals surface area contributed by atoms with Crippen LogP contribution < -0.4 is 14.4 Å². The molecule has 0 saturated carbocycles. The minimum Gasteiger partial charge on any atom is -0.497 e. The van der Waals surface area contributed by atoms with Crippen LogP contribution in [-0.2, 0) is 14.8 Å². The summed E-state index contributed by atoms with van der Waals surface area (Å²) in [5.74, 6) is 0.0965. The standard InChI is InChI=1S/C15H20N4O4S3/c1-10(2)24-15-18-17-14(25-15)16-13(20)9-19(26(4,21)22)11-5-7-12(23-3)8-6-11/h5-8,10H,9H2,1-4H3,(H,16,17,20). The molecular formula is C15H20N4O4S3. The molecule has 1 N–H and O–H groups in total. The lowest BCUT2D eigenvalue weighted by Crippen LogP contribution is -2.37. The first-order valence-electron chi connectivity index (χ1n) is 7.61. The second kappa shape index (κ2) is 8.69. The van der Waals surface area contributed by atoms with E-state index in [0.29, 0.717) is 21.8 Å². The van der Waals surface area contributed by atoms with Crippen molar-refractivity contribution in [3.63, 3.8) is 0 Å². The van der Waals surface area contributed by atoms with Gasteiger partial charge in [0, 0.05) is 5.25 Å². The fourth-order valence-corrected chi connectivity index (χ4v) is 4.80. The number of methoxy groups -OCH3 is 1. The maximum atomic E-state index is 12.3.